The maximum absolute atomic E-state index is 13.2. The SMILES string of the molecule is COc1ccc(F)cc1C(O)C1CC=CCC1. The molecule has 0 amide bonds. The van der Waals surface area contributed by atoms with Gasteiger partial charge in [-0.3, -0.25) is 0 Å². The minimum absolute atomic E-state index is 0.149. The van der Waals surface area contributed by atoms with Crippen LogP contribution >= 0.6 is 0 Å². The van der Waals surface area contributed by atoms with Crippen molar-refractivity contribution in [3.05, 3.63) is 41.7 Å². The Morgan fingerprint density at radius 2 is 2.24 bits per heavy atom. The summed E-state index contributed by atoms with van der Waals surface area (Å²) in [5.74, 6) is 0.357. The Kier molecular flexibility index (Phi) is 3.79. The van der Waals surface area contributed by atoms with Gasteiger partial charge in [0.05, 0.1) is 13.2 Å². The molecule has 1 aliphatic rings. The molecule has 17 heavy (non-hydrogen) atoms. The number of ether oxygens (including phenoxy) is 1. The van der Waals surface area contributed by atoms with E-state index in [2.05, 4.69) is 12.2 Å². The first kappa shape index (κ1) is 12.1. The minimum Gasteiger partial charge on any atom is -0.496 e. The van der Waals surface area contributed by atoms with Crippen LogP contribution in [-0.2, 0) is 0 Å². The lowest BCUT2D eigenvalue weighted by molar-refractivity contribution is 0.0993. The van der Waals surface area contributed by atoms with Crippen LogP contribution in [-0.4, -0.2) is 12.2 Å². The van der Waals surface area contributed by atoms with E-state index in [1.807, 2.05) is 0 Å². The van der Waals surface area contributed by atoms with E-state index in [1.165, 1.54) is 19.2 Å². The van der Waals surface area contributed by atoms with Crippen LogP contribution in [0.4, 0.5) is 4.39 Å². The van der Waals surface area contributed by atoms with Crippen molar-refractivity contribution in [2.24, 2.45) is 5.92 Å². The maximum atomic E-state index is 13.2. The number of aliphatic hydroxyl groups is 1. The number of hydrogen-bond acceptors (Lipinski definition) is 2. The van der Waals surface area contributed by atoms with Gasteiger partial charge in [0.25, 0.3) is 0 Å². The Morgan fingerprint density at radius 1 is 1.41 bits per heavy atom. The van der Waals surface area contributed by atoms with Gasteiger partial charge in [-0.15, -0.1) is 0 Å². The maximum Gasteiger partial charge on any atom is 0.124 e. The third-order valence-electron chi connectivity index (χ3n) is 3.27. The molecular weight excluding hydrogens is 219 g/mol. The number of allylic oxidation sites excluding steroid dienone is 2. The van der Waals surface area contributed by atoms with Gasteiger partial charge in [-0.25, -0.2) is 4.39 Å². The Bertz CT molecular complexity index is 415. The quantitative estimate of drug-likeness (QED) is 0.816. The highest BCUT2D eigenvalue weighted by molar-refractivity contribution is 5.36. The average molecular weight is 236 g/mol. The Balaban J connectivity index is 2.25. The van der Waals surface area contributed by atoms with Crippen molar-refractivity contribution in [2.75, 3.05) is 7.11 Å². The molecule has 0 heterocycles. The third-order valence-corrected chi connectivity index (χ3v) is 3.27. The number of methoxy groups -OCH3 is 1. The van der Waals surface area contributed by atoms with Gasteiger partial charge in [-0.1, -0.05) is 12.2 Å². The largest absolute Gasteiger partial charge is 0.496 e. The summed E-state index contributed by atoms with van der Waals surface area (Å²) in [4.78, 5) is 0. The highest BCUT2D eigenvalue weighted by Crippen LogP contribution is 2.36. The molecule has 1 aromatic rings. The van der Waals surface area contributed by atoms with E-state index >= 15 is 0 Å². The van der Waals surface area contributed by atoms with E-state index in [1.54, 1.807) is 6.07 Å². The molecular formula is C14H17FO2. The minimum atomic E-state index is -0.661. The summed E-state index contributed by atoms with van der Waals surface area (Å²) < 4.78 is 18.4. The molecule has 1 N–H and O–H groups in total. The predicted molar refractivity (Wildman–Crippen MR) is 64.4 cm³/mol. The van der Waals surface area contributed by atoms with Crippen LogP contribution in [0.1, 0.15) is 30.9 Å². The van der Waals surface area contributed by atoms with Crippen LogP contribution in [0.5, 0.6) is 5.75 Å². The monoisotopic (exact) mass is 236 g/mol. The molecule has 2 atom stereocenters. The molecule has 2 unspecified atom stereocenters. The fourth-order valence-electron chi connectivity index (χ4n) is 2.29. The van der Waals surface area contributed by atoms with E-state index in [9.17, 15) is 9.50 Å². The molecule has 0 radical (unpaired) electrons. The number of rotatable bonds is 3. The summed E-state index contributed by atoms with van der Waals surface area (Å²) in [6, 6.07) is 4.27. The van der Waals surface area contributed by atoms with E-state index in [4.69, 9.17) is 4.74 Å². The van der Waals surface area contributed by atoms with E-state index < -0.39 is 6.10 Å². The summed E-state index contributed by atoms with van der Waals surface area (Å²) in [5, 5.41) is 10.3. The van der Waals surface area contributed by atoms with Gasteiger partial charge in [0.2, 0.25) is 0 Å². The van der Waals surface area contributed by atoms with E-state index in [0.29, 0.717) is 11.3 Å². The predicted octanol–water partition coefficient (Wildman–Crippen LogP) is 3.22. The van der Waals surface area contributed by atoms with Crippen LogP contribution in [0.15, 0.2) is 30.4 Å². The molecule has 92 valence electrons. The fraction of sp³-hybridized carbons (Fsp3) is 0.429. The average Bonchev–Trinajstić information content (AvgIpc) is 2.39. The van der Waals surface area contributed by atoms with Crippen molar-refractivity contribution in [1.82, 2.24) is 0 Å². The Morgan fingerprint density at radius 3 is 2.88 bits per heavy atom. The van der Waals surface area contributed by atoms with Crippen molar-refractivity contribution >= 4 is 0 Å². The molecule has 3 heteroatoms. The molecule has 0 bridgehead atoms. The highest BCUT2D eigenvalue weighted by atomic mass is 19.1. The second-order valence-corrected chi connectivity index (χ2v) is 4.38. The van der Waals surface area contributed by atoms with Crippen LogP contribution in [0.25, 0.3) is 0 Å². The van der Waals surface area contributed by atoms with Gasteiger partial charge in [-0.05, 0) is 43.4 Å². The zero-order chi connectivity index (χ0) is 12.3. The van der Waals surface area contributed by atoms with Gasteiger partial charge in [0, 0.05) is 5.56 Å². The van der Waals surface area contributed by atoms with Crippen molar-refractivity contribution < 1.29 is 14.2 Å². The van der Waals surface area contributed by atoms with Crippen LogP contribution in [0.2, 0.25) is 0 Å². The normalized spacial score (nSPS) is 21.2. The number of benzene rings is 1. The molecule has 0 aromatic heterocycles. The first-order valence-corrected chi connectivity index (χ1v) is 5.89. The molecule has 2 rings (SSSR count). The Labute approximate surface area is 101 Å². The smallest absolute Gasteiger partial charge is 0.124 e. The number of hydrogen-bond donors (Lipinski definition) is 1. The zero-order valence-corrected chi connectivity index (χ0v) is 9.90. The first-order chi connectivity index (χ1) is 8.22. The summed E-state index contributed by atoms with van der Waals surface area (Å²) in [7, 11) is 1.53. The summed E-state index contributed by atoms with van der Waals surface area (Å²) in [5.41, 5.74) is 0.549. The van der Waals surface area contributed by atoms with Gasteiger partial charge >= 0.3 is 0 Å². The molecule has 1 aliphatic carbocycles. The summed E-state index contributed by atoms with van der Waals surface area (Å²) >= 11 is 0. The lowest BCUT2D eigenvalue weighted by atomic mass is 9.86. The Hall–Kier alpha value is -1.35. The zero-order valence-electron chi connectivity index (χ0n) is 9.90. The van der Waals surface area contributed by atoms with Crippen molar-refractivity contribution in [1.29, 1.82) is 0 Å². The second-order valence-electron chi connectivity index (χ2n) is 4.38. The van der Waals surface area contributed by atoms with Gasteiger partial charge in [0.1, 0.15) is 11.6 Å². The molecule has 2 nitrogen and oxygen atoms in total. The number of halogens is 1. The van der Waals surface area contributed by atoms with Crippen LogP contribution in [0, 0.1) is 11.7 Å². The van der Waals surface area contributed by atoms with Gasteiger partial charge in [-0.2, -0.15) is 0 Å². The standard InChI is InChI=1S/C14H17FO2/c1-17-13-8-7-11(15)9-12(13)14(16)10-5-3-2-4-6-10/h2-3,7-10,14,16H,4-6H2,1H3. The highest BCUT2D eigenvalue weighted by Gasteiger charge is 2.24. The van der Waals surface area contributed by atoms with Crippen molar-refractivity contribution in [3.63, 3.8) is 0 Å². The second kappa shape index (κ2) is 5.32. The van der Waals surface area contributed by atoms with Crippen molar-refractivity contribution in [2.45, 2.75) is 25.4 Å². The lowest BCUT2D eigenvalue weighted by Gasteiger charge is -2.25. The molecule has 1 aromatic carbocycles. The lowest BCUT2D eigenvalue weighted by Crippen LogP contribution is -2.15. The summed E-state index contributed by atoms with van der Waals surface area (Å²) in [6.45, 7) is 0. The molecule has 0 aliphatic heterocycles. The van der Waals surface area contributed by atoms with E-state index in [0.717, 1.165) is 19.3 Å². The molecule has 0 saturated heterocycles. The van der Waals surface area contributed by atoms with Crippen LogP contribution in [0.3, 0.4) is 0 Å². The number of aliphatic hydroxyl groups excluding tert-OH is 1. The van der Waals surface area contributed by atoms with E-state index in [-0.39, 0.29) is 11.7 Å². The molecule has 0 spiro atoms. The molecule has 0 fully saturated rings. The fourth-order valence-corrected chi connectivity index (χ4v) is 2.29. The topological polar surface area (TPSA) is 29.5 Å². The first-order valence-electron chi connectivity index (χ1n) is 5.89. The van der Waals surface area contributed by atoms with Gasteiger partial charge < -0.3 is 9.84 Å². The van der Waals surface area contributed by atoms with Crippen LogP contribution < -0.4 is 4.74 Å². The van der Waals surface area contributed by atoms with Gasteiger partial charge in [0.15, 0.2) is 0 Å². The third kappa shape index (κ3) is 2.67. The summed E-state index contributed by atoms with van der Waals surface area (Å²) in [6.07, 6.45) is 6.26. The molecule has 0 saturated carbocycles. The van der Waals surface area contributed by atoms with Crippen molar-refractivity contribution in [3.8, 4) is 5.75 Å².